The number of hydrogen-bond acceptors (Lipinski definition) is 6. The number of nitrogens with zero attached hydrogens (tertiary/aromatic N) is 3. The first-order valence-corrected chi connectivity index (χ1v) is 13.3. The maximum atomic E-state index is 15.0. The van der Waals surface area contributed by atoms with Crippen LogP contribution < -0.4 is 4.74 Å². The number of sulfone groups is 1. The number of halogens is 4. The van der Waals surface area contributed by atoms with Crippen LogP contribution in [0.4, 0.5) is 8.78 Å². The number of nitrogens with one attached hydrogen (secondary N) is 1. The fourth-order valence-electron chi connectivity index (χ4n) is 3.56. The minimum Gasteiger partial charge on any atom is -0.436 e. The molecule has 12 heteroatoms. The van der Waals surface area contributed by atoms with Crippen molar-refractivity contribution in [3.05, 3.63) is 69.8 Å². The lowest BCUT2D eigenvalue weighted by Crippen LogP contribution is -2.10. The summed E-state index contributed by atoms with van der Waals surface area (Å²) in [4.78, 5) is 8.03. The van der Waals surface area contributed by atoms with Gasteiger partial charge in [-0.15, -0.1) is 0 Å². The van der Waals surface area contributed by atoms with E-state index in [-0.39, 0.29) is 50.2 Å². The molecule has 2 heterocycles. The van der Waals surface area contributed by atoms with Gasteiger partial charge in [0.1, 0.15) is 22.4 Å². The van der Waals surface area contributed by atoms with E-state index >= 15 is 4.39 Å². The Labute approximate surface area is 215 Å². The number of pyridine rings is 1. The van der Waals surface area contributed by atoms with Gasteiger partial charge in [-0.05, 0) is 61.6 Å². The van der Waals surface area contributed by atoms with Gasteiger partial charge in [0.25, 0.3) is 0 Å². The molecule has 2 aromatic heterocycles. The van der Waals surface area contributed by atoms with E-state index < -0.39 is 21.5 Å². The van der Waals surface area contributed by atoms with Gasteiger partial charge in [-0.2, -0.15) is 10.1 Å². The Morgan fingerprint density at radius 3 is 2.50 bits per heavy atom. The van der Waals surface area contributed by atoms with Crippen LogP contribution in [0.25, 0.3) is 22.5 Å². The fraction of sp³-hybridized carbons (Fsp3) is 0.208. The van der Waals surface area contributed by atoms with Gasteiger partial charge in [0, 0.05) is 17.3 Å². The molecular formula is C24H18Cl2F2N4O3S. The van der Waals surface area contributed by atoms with Gasteiger partial charge in [-0.3, -0.25) is 0 Å². The maximum absolute atomic E-state index is 15.0. The van der Waals surface area contributed by atoms with E-state index in [4.69, 9.17) is 27.9 Å². The van der Waals surface area contributed by atoms with Gasteiger partial charge < -0.3 is 4.74 Å². The molecule has 0 bridgehead atoms. The molecule has 0 amide bonds. The Balaban J connectivity index is 1.42. The smallest absolute Gasteiger partial charge is 0.243 e. The Hall–Kier alpha value is -3.08. The number of aromatic nitrogens is 4. The Bertz CT molecular complexity index is 1590. The normalized spacial score (nSPS) is 13.7. The number of ether oxygens (including phenoxy) is 1. The van der Waals surface area contributed by atoms with Crippen molar-refractivity contribution in [2.75, 3.05) is 5.75 Å². The van der Waals surface area contributed by atoms with Crippen LogP contribution in [0.1, 0.15) is 18.4 Å². The molecule has 4 aromatic rings. The Kier molecular flexibility index (Phi) is 6.44. The lowest BCUT2D eigenvalue weighted by molar-refractivity contribution is 0.463. The SMILES string of the molecule is Cc1ccc(Cl)c(Oc2ncc(-c3cc(F)c(-c4n[nH]c(S(=O)(=O)CC5CC5)n4)cc3F)cc2Cl)c1. The molecule has 0 aliphatic heterocycles. The van der Waals surface area contributed by atoms with E-state index in [1.54, 1.807) is 12.1 Å². The third-order valence-corrected chi connectivity index (χ3v) is 7.89. The first kappa shape index (κ1) is 24.6. The number of benzene rings is 2. The summed E-state index contributed by atoms with van der Waals surface area (Å²) in [7, 11) is -3.68. The molecule has 0 radical (unpaired) electrons. The third kappa shape index (κ3) is 5.07. The van der Waals surface area contributed by atoms with Gasteiger partial charge in [0.15, 0.2) is 5.82 Å². The summed E-state index contributed by atoms with van der Waals surface area (Å²) in [5.74, 6) is -1.46. The van der Waals surface area contributed by atoms with Crippen LogP contribution in [0.5, 0.6) is 11.6 Å². The third-order valence-electron chi connectivity index (χ3n) is 5.62. The standard InChI is InChI=1S/C24H18Cl2F2N4O3S/c1-12-2-5-17(25)21(6-12)35-23-18(26)7-14(10-29-23)15-8-20(28)16(9-19(15)27)22-30-24(32-31-22)36(33,34)11-13-3-4-13/h2,5-10,13H,3-4,11H2,1H3,(H,30,31,32). The number of H-pyrrole nitrogens is 1. The van der Waals surface area contributed by atoms with Crippen molar-refractivity contribution >= 4 is 33.0 Å². The van der Waals surface area contributed by atoms with E-state index in [9.17, 15) is 12.8 Å². The predicted octanol–water partition coefficient (Wildman–Crippen LogP) is 6.40. The maximum Gasteiger partial charge on any atom is 0.243 e. The summed E-state index contributed by atoms with van der Waals surface area (Å²) in [6, 6.07) is 8.45. The molecule has 1 fully saturated rings. The molecule has 1 aliphatic rings. The molecule has 36 heavy (non-hydrogen) atoms. The van der Waals surface area contributed by atoms with E-state index in [2.05, 4.69) is 20.2 Å². The highest BCUT2D eigenvalue weighted by Crippen LogP contribution is 2.36. The first-order chi connectivity index (χ1) is 17.1. The van der Waals surface area contributed by atoms with E-state index in [0.29, 0.717) is 10.8 Å². The summed E-state index contributed by atoms with van der Waals surface area (Å²) in [6.45, 7) is 1.87. The van der Waals surface area contributed by atoms with Crippen molar-refractivity contribution in [2.24, 2.45) is 5.92 Å². The van der Waals surface area contributed by atoms with Crippen molar-refractivity contribution in [3.8, 4) is 34.1 Å². The average Bonchev–Trinajstić information content (AvgIpc) is 3.48. The van der Waals surface area contributed by atoms with Crippen LogP contribution in [0, 0.1) is 24.5 Å². The number of rotatable bonds is 7. The second kappa shape index (κ2) is 9.42. The Morgan fingerprint density at radius 1 is 1.06 bits per heavy atom. The zero-order valence-electron chi connectivity index (χ0n) is 18.7. The molecule has 0 spiro atoms. The number of hydrogen-bond donors (Lipinski definition) is 1. The first-order valence-electron chi connectivity index (χ1n) is 10.9. The molecule has 1 N–H and O–H groups in total. The molecule has 1 saturated carbocycles. The van der Waals surface area contributed by atoms with Crippen LogP contribution in [0.3, 0.4) is 0 Å². The van der Waals surface area contributed by atoms with Crippen LogP contribution in [-0.4, -0.2) is 34.3 Å². The number of aromatic amines is 1. The zero-order valence-corrected chi connectivity index (χ0v) is 21.1. The molecular weight excluding hydrogens is 533 g/mol. The molecule has 7 nitrogen and oxygen atoms in total. The van der Waals surface area contributed by atoms with Crippen molar-refractivity contribution in [3.63, 3.8) is 0 Å². The van der Waals surface area contributed by atoms with Crippen molar-refractivity contribution in [2.45, 2.75) is 24.9 Å². The van der Waals surface area contributed by atoms with Crippen molar-refractivity contribution in [1.82, 2.24) is 20.2 Å². The summed E-state index contributed by atoms with van der Waals surface area (Å²) in [6.07, 6.45) is 2.97. The van der Waals surface area contributed by atoms with Crippen LogP contribution in [0.15, 0.2) is 47.8 Å². The average molecular weight is 551 g/mol. The molecule has 186 valence electrons. The summed E-state index contributed by atoms with van der Waals surface area (Å²) in [5.41, 5.74) is 0.725. The number of aryl methyl sites for hydroxylation is 1. The highest BCUT2D eigenvalue weighted by Gasteiger charge is 2.31. The largest absolute Gasteiger partial charge is 0.436 e. The second-order valence-electron chi connectivity index (χ2n) is 8.55. The van der Waals surface area contributed by atoms with Crippen LogP contribution >= 0.6 is 23.2 Å². The predicted molar refractivity (Wildman–Crippen MR) is 131 cm³/mol. The van der Waals surface area contributed by atoms with E-state index in [1.807, 2.05) is 13.0 Å². The lowest BCUT2D eigenvalue weighted by atomic mass is 10.0. The highest BCUT2D eigenvalue weighted by molar-refractivity contribution is 7.91. The summed E-state index contributed by atoms with van der Waals surface area (Å²) < 4.78 is 60.5. The molecule has 0 saturated heterocycles. The molecule has 5 rings (SSSR count). The van der Waals surface area contributed by atoms with Gasteiger partial charge >= 0.3 is 0 Å². The van der Waals surface area contributed by atoms with Gasteiger partial charge in [0.2, 0.25) is 20.9 Å². The van der Waals surface area contributed by atoms with Crippen molar-refractivity contribution in [1.29, 1.82) is 0 Å². The van der Waals surface area contributed by atoms with Crippen LogP contribution in [0.2, 0.25) is 10.0 Å². The highest BCUT2D eigenvalue weighted by atomic mass is 35.5. The minimum absolute atomic E-state index is 0.0473. The monoisotopic (exact) mass is 550 g/mol. The Morgan fingerprint density at radius 2 is 1.78 bits per heavy atom. The van der Waals surface area contributed by atoms with Crippen LogP contribution in [-0.2, 0) is 9.84 Å². The van der Waals surface area contributed by atoms with E-state index in [1.165, 1.54) is 12.3 Å². The van der Waals surface area contributed by atoms with Gasteiger partial charge in [-0.25, -0.2) is 27.3 Å². The topological polar surface area (TPSA) is 97.8 Å². The fourth-order valence-corrected chi connectivity index (χ4v) is 5.44. The van der Waals surface area contributed by atoms with Gasteiger partial charge in [0.05, 0.1) is 16.3 Å². The molecule has 1 aliphatic carbocycles. The second-order valence-corrected chi connectivity index (χ2v) is 11.3. The molecule has 0 unspecified atom stereocenters. The van der Waals surface area contributed by atoms with Gasteiger partial charge in [-0.1, -0.05) is 29.3 Å². The summed E-state index contributed by atoms with van der Waals surface area (Å²) >= 11 is 12.4. The summed E-state index contributed by atoms with van der Waals surface area (Å²) in [5, 5.41) is 6.16. The van der Waals surface area contributed by atoms with Crippen molar-refractivity contribution < 1.29 is 21.9 Å². The quantitative estimate of drug-likeness (QED) is 0.285. The zero-order chi connectivity index (χ0) is 25.6. The van der Waals surface area contributed by atoms with E-state index in [0.717, 1.165) is 30.5 Å². The minimum atomic E-state index is -3.68. The molecule has 2 aromatic carbocycles. The molecule has 0 atom stereocenters. The lowest BCUT2D eigenvalue weighted by Gasteiger charge is -2.11.